The molecule has 10 aromatic rings. The second-order valence-corrected chi connectivity index (χ2v) is 13.7. The summed E-state index contributed by atoms with van der Waals surface area (Å²) in [4.78, 5) is 0. The molecule has 0 amide bonds. The van der Waals surface area contributed by atoms with Crippen molar-refractivity contribution in [1.82, 2.24) is 9.13 Å². The molecule has 51 heavy (non-hydrogen) atoms. The third-order valence-corrected chi connectivity index (χ3v) is 11.3. The lowest BCUT2D eigenvalue weighted by atomic mass is 9.91. The van der Waals surface area contributed by atoms with Crippen LogP contribution in [0, 0.1) is 22.7 Å². The Balaban J connectivity index is 1.52. The monoisotopic (exact) mass is 670 g/mol. The van der Waals surface area contributed by atoms with E-state index in [0.717, 1.165) is 54.9 Å². The van der Waals surface area contributed by atoms with E-state index >= 15 is 0 Å². The number of fused-ring (bicyclic) bond motifs is 10. The molecule has 6 heteroatoms. The highest BCUT2D eigenvalue weighted by Gasteiger charge is 2.32. The highest BCUT2D eigenvalue weighted by atomic mass is 32.1. The molecule has 0 saturated heterocycles. The maximum absolute atomic E-state index is 11.0. The number of benzene rings is 7. The summed E-state index contributed by atoms with van der Waals surface area (Å²) in [5.41, 5.74) is 7.39. The zero-order valence-corrected chi connectivity index (χ0v) is 28.2. The molecule has 7 aromatic carbocycles. The molecule has 0 aliphatic heterocycles. The lowest BCUT2D eigenvalue weighted by Crippen LogP contribution is -2.11. The Morgan fingerprint density at radius 3 is 1.71 bits per heavy atom. The van der Waals surface area contributed by atoms with Crippen LogP contribution in [0.5, 0.6) is 5.75 Å². The Bertz CT molecular complexity index is 3100. The van der Waals surface area contributed by atoms with E-state index in [1.807, 2.05) is 42.5 Å². The summed E-state index contributed by atoms with van der Waals surface area (Å²) >= 11 is 1.80. The molecule has 238 valence electrons. The van der Waals surface area contributed by atoms with Gasteiger partial charge >= 0.3 is 0 Å². The van der Waals surface area contributed by atoms with Crippen molar-refractivity contribution in [2.45, 2.75) is 0 Å². The Morgan fingerprint density at radius 1 is 0.510 bits per heavy atom. The number of hydrogen-bond donors (Lipinski definition) is 0. The van der Waals surface area contributed by atoms with Crippen LogP contribution in [0.1, 0.15) is 11.1 Å². The molecule has 0 saturated carbocycles. The molecule has 0 aliphatic carbocycles. The lowest BCUT2D eigenvalue weighted by molar-refractivity contribution is 0.412. The van der Waals surface area contributed by atoms with Gasteiger partial charge in [-0.1, -0.05) is 109 Å². The Kier molecular flexibility index (Phi) is 6.32. The van der Waals surface area contributed by atoms with Gasteiger partial charge in [0, 0.05) is 47.3 Å². The number of para-hydroxylation sites is 3. The molecule has 0 aliphatic rings. The highest BCUT2D eigenvalue weighted by molar-refractivity contribution is 7.26. The average Bonchev–Trinajstić information content (AvgIpc) is 3.84. The Morgan fingerprint density at radius 2 is 1.06 bits per heavy atom. The van der Waals surface area contributed by atoms with Gasteiger partial charge < -0.3 is 13.9 Å². The van der Waals surface area contributed by atoms with E-state index in [2.05, 4.69) is 118 Å². The van der Waals surface area contributed by atoms with Crippen molar-refractivity contribution in [1.29, 1.82) is 10.5 Å². The van der Waals surface area contributed by atoms with Gasteiger partial charge in [-0.25, -0.2) is 0 Å². The summed E-state index contributed by atoms with van der Waals surface area (Å²) in [6.45, 7) is 0. The third-order valence-electron chi connectivity index (χ3n) is 10.1. The van der Waals surface area contributed by atoms with Gasteiger partial charge in [0.25, 0.3) is 0 Å². The first-order valence-electron chi connectivity index (χ1n) is 16.7. The average molecular weight is 671 g/mol. The van der Waals surface area contributed by atoms with Crippen LogP contribution < -0.4 is 4.74 Å². The van der Waals surface area contributed by atoms with Crippen molar-refractivity contribution in [2.75, 3.05) is 7.11 Å². The first-order valence-corrected chi connectivity index (χ1v) is 17.5. The van der Waals surface area contributed by atoms with Crippen LogP contribution in [0.3, 0.4) is 0 Å². The molecule has 3 aromatic heterocycles. The molecule has 0 atom stereocenters. The SMILES string of the molecule is COc1c(C#N)c(C#N)c(-c2ccccc2)c(-n2c3ccccc3c3c4sc5ccccc5c4ccc32)c1-n1c2ccccc2c2ccccc21. The summed E-state index contributed by atoms with van der Waals surface area (Å²) in [5.74, 6) is 0.351. The number of hydrogen-bond acceptors (Lipinski definition) is 4. The Hall–Kier alpha value is -6.86. The van der Waals surface area contributed by atoms with Gasteiger partial charge in [0.15, 0.2) is 5.75 Å². The summed E-state index contributed by atoms with van der Waals surface area (Å²) < 4.78 is 13.2. The normalized spacial score (nSPS) is 11.6. The minimum atomic E-state index is 0.201. The van der Waals surface area contributed by atoms with Gasteiger partial charge in [-0.05, 0) is 35.9 Å². The summed E-state index contributed by atoms with van der Waals surface area (Å²) in [6, 6.07) is 52.9. The highest BCUT2D eigenvalue weighted by Crippen LogP contribution is 2.50. The third kappa shape index (κ3) is 3.94. The minimum Gasteiger partial charge on any atom is -0.493 e. The molecule has 10 rings (SSSR count). The summed E-state index contributed by atoms with van der Waals surface area (Å²) in [6.07, 6.45) is 0. The van der Waals surface area contributed by atoms with Crippen LogP contribution in [0.4, 0.5) is 0 Å². The van der Waals surface area contributed by atoms with Crippen LogP contribution in [0.25, 0.3) is 86.3 Å². The van der Waals surface area contributed by atoms with E-state index in [4.69, 9.17) is 4.74 Å². The molecule has 0 N–H and O–H groups in total. The van der Waals surface area contributed by atoms with Gasteiger partial charge in [-0.3, -0.25) is 0 Å². The smallest absolute Gasteiger partial charge is 0.164 e. The fraction of sp³-hybridized carbons (Fsp3) is 0.0222. The fourth-order valence-corrected chi connectivity index (χ4v) is 9.33. The van der Waals surface area contributed by atoms with Crippen molar-refractivity contribution < 1.29 is 4.74 Å². The minimum absolute atomic E-state index is 0.201. The van der Waals surface area contributed by atoms with Gasteiger partial charge in [0.2, 0.25) is 0 Å². The number of nitrogens with zero attached hydrogens (tertiary/aromatic N) is 4. The number of ether oxygens (including phenoxy) is 1. The molecular formula is C45H26N4OS. The summed E-state index contributed by atoms with van der Waals surface area (Å²) in [5, 5.41) is 28.7. The molecule has 3 heterocycles. The molecule has 0 fully saturated rings. The summed E-state index contributed by atoms with van der Waals surface area (Å²) in [7, 11) is 1.59. The van der Waals surface area contributed by atoms with Crippen molar-refractivity contribution in [3.8, 4) is 40.4 Å². The molecule has 0 spiro atoms. The zero-order valence-electron chi connectivity index (χ0n) is 27.4. The second-order valence-electron chi connectivity index (χ2n) is 12.6. The predicted octanol–water partition coefficient (Wildman–Crippen LogP) is 11.7. The number of thiophene rings is 1. The molecular weight excluding hydrogens is 645 g/mol. The largest absolute Gasteiger partial charge is 0.493 e. The van der Waals surface area contributed by atoms with Crippen molar-refractivity contribution in [3.63, 3.8) is 0 Å². The molecule has 0 bridgehead atoms. The molecule has 0 unspecified atom stereocenters. The van der Waals surface area contributed by atoms with Crippen molar-refractivity contribution in [3.05, 3.63) is 151 Å². The van der Waals surface area contributed by atoms with Crippen LogP contribution in [-0.2, 0) is 0 Å². The van der Waals surface area contributed by atoms with E-state index < -0.39 is 0 Å². The number of aromatic nitrogens is 2. The van der Waals surface area contributed by atoms with E-state index in [1.165, 1.54) is 20.2 Å². The van der Waals surface area contributed by atoms with Gasteiger partial charge in [-0.2, -0.15) is 10.5 Å². The Labute approximate surface area is 296 Å². The van der Waals surface area contributed by atoms with Crippen LogP contribution in [-0.4, -0.2) is 16.2 Å². The molecule has 0 radical (unpaired) electrons. The van der Waals surface area contributed by atoms with Crippen molar-refractivity contribution >= 4 is 75.1 Å². The van der Waals surface area contributed by atoms with Crippen molar-refractivity contribution in [2.24, 2.45) is 0 Å². The first kappa shape index (κ1) is 29.1. The van der Waals surface area contributed by atoms with E-state index in [-0.39, 0.29) is 11.1 Å². The topological polar surface area (TPSA) is 66.7 Å². The van der Waals surface area contributed by atoms with Crippen LogP contribution >= 0.6 is 11.3 Å². The quantitative estimate of drug-likeness (QED) is 0.187. The lowest BCUT2D eigenvalue weighted by Gasteiger charge is -2.25. The van der Waals surface area contributed by atoms with Gasteiger partial charge in [0.05, 0.1) is 40.4 Å². The maximum Gasteiger partial charge on any atom is 0.164 e. The zero-order chi connectivity index (χ0) is 34.2. The number of rotatable bonds is 4. The standard InChI is InChI=1S/C45H26N4OS/c1-50-44-34(26-47)33(25-46)40(27-13-3-2-4-14-27)42(43(44)48-35-19-9-5-15-28(35)29-16-6-10-20-36(29)48)49-37-21-11-7-18-32(37)41-38(49)24-23-31-30-17-8-12-22-39(30)51-45(31)41/h2-24H,1H3. The first-order chi connectivity index (χ1) is 25.2. The second kappa shape index (κ2) is 11.1. The number of methoxy groups -OCH3 is 1. The van der Waals surface area contributed by atoms with Crippen LogP contribution in [0.2, 0.25) is 0 Å². The van der Waals surface area contributed by atoms with Crippen LogP contribution in [0.15, 0.2) is 140 Å². The predicted molar refractivity (Wildman–Crippen MR) is 209 cm³/mol. The van der Waals surface area contributed by atoms with E-state index in [0.29, 0.717) is 17.0 Å². The maximum atomic E-state index is 11.0. The van der Waals surface area contributed by atoms with Gasteiger partial charge in [0.1, 0.15) is 23.4 Å². The molecule has 5 nitrogen and oxygen atoms in total. The van der Waals surface area contributed by atoms with Gasteiger partial charge in [-0.15, -0.1) is 11.3 Å². The fourth-order valence-electron chi connectivity index (χ4n) is 8.07. The van der Waals surface area contributed by atoms with E-state index in [1.54, 1.807) is 18.4 Å². The van der Waals surface area contributed by atoms with E-state index in [9.17, 15) is 10.5 Å². The number of nitriles is 2.